The topological polar surface area (TPSA) is 105 Å². The first-order valence-electron chi connectivity index (χ1n) is 5.53. The van der Waals surface area contributed by atoms with Crippen molar-refractivity contribution in [2.24, 2.45) is 0 Å². The van der Waals surface area contributed by atoms with Crippen LogP contribution in [0.5, 0.6) is 0 Å². The summed E-state index contributed by atoms with van der Waals surface area (Å²) in [5.41, 5.74) is -0.484. The van der Waals surface area contributed by atoms with Crippen molar-refractivity contribution in [2.75, 3.05) is 12.4 Å². The van der Waals surface area contributed by atoms with E-state index in [-0.39, 0.29) is 11.3 Å². The number of urea groups is 1. The minimum atomic E-state index is -1.25. The van der Waals surface area contributed by atoms with Crippen LogP contribution in [0.1, 0.15) is 17.3 Å². The summed E-state index contributed by atoms with van der Waals surface area (Å²) >= 11 is 0. The Bertz CT molecular complexity index is 547. The third-order valence-corrected chi connectivity index (χ3v) is 2.36. The number of aromatic carboxylic acids is 1. The van der Waals surface area contributed by atoms with Crippen LogP contribution in [-0.2, 0) is 9.53 Å². The van der Waals surface area contributed by atoms with Gasteiger partial charge in [-0.1, -0.05) is 0 Å². The first-order chi connectivity index (χ1) is 9.35. The standard InChI is InChI=1S/C12H13FN2O5/c1-6(11(18)20-2)14-12(19)15-9-5-7(10(16)17)3-4-8(9)13/h3-6H,1-2H3,(H,16,17)(H2,14,15,19). The van der Waals surface area contributed by atoms with Gasteiger partial charge in [-0.05, 0) is 25.1 Å². The molecule has 0 fully saturated rings. The maximum Gasteiger partial charge on any atom is 0.335 e. The van der Waals surface area contributed by atoms with Crippen LogP contribution >= 0.6 is 0 Å². The molecule has 1 unspecified atom stereocenters. The zero-order valence-electron chi connectivity index (χ0n) is 10.8. The smallest absolute Gasteiger partial charge is 0.335 e. The van der Waals surface area contributed by atoms with Crippen LogP contribution in [0.15, 0.2) is 18.2 Å². The summed E-state index contributed by atoms with van der Waals surface area (Å²) < 4.78 is 17.8. The minimum Gasteiger partial charge on any atom is -0.478 e. The molecule has 0 spiro atoms. The first kappa shape index (κ1) is 15.4. The van der Waals surface area contributed by atoms with E-state index in [2.05, 4.69) is 15.4 Å². The van der Waals surface area contributed by atoms with Gasteiger partial charge in [-0.25, -0.2) is 18.8 Å². The van der Waals surface area contributed by atoms with Gasteiger partial charge >= 0.3 is 18.0 Å². The van der Waals surface area contributed by atoms with E-state index in [4.69, 9.17) is 5.11 Å². The highest BCUT2D eigenvalue weighted by Crippen LogP contribution is 2.16. The molecule has 108 valence electrons. The van der Waals surface area contributed by atoms with Crippen LogP contribution in [0, 0.1) is 5.82 Å². The number of carbonyl (C=O) groups excluding carboxylic acids is 2. The molecule has 0 aliphatic carbocycles. The third kappa shape index (κ3) is 3.94. The average Bonchev–Trinajstić information content (AvgIpc) is 2.39. The number of nitrogens with one attached hydrogen (secondary N) is 2. The van der Waals surface area contributed by atoms with E-state index in [1.807, 2.05) is 0 Å². The summed E-state index contributed by atoms with van der Waals surface area (Å²) in [4.78, 5) is 33.4. The predicted molar refractivity (Wildman–Crippen MR) is 67.0 cm³/mol. The molecular weight excluding hydrogens is 271 g/mol. The fourth-order valence-corrected chi connectivity index (χ4v) is 1.34. The highest BCUT2D eigenvalue weighted by molar-refractivity contribution is 5.94. The van der Waals surface area contributed by atoms with E-state index in [0.29, 0.717) is 0 Å². The van der Waals surface area contributed by atoms with Crippen molar-refractivity contribution >= 4 is 23.7 Å². The number of carbonyl (C=O) groups is 3. The number of rotatable bonds is 4. The molecule has 1 aromatic rings. The lowest BCUT2D eigenvalue weighted by atomic mass is 10.2. The summed E-state index contributed by atoms with van der Waals surface area (Å²) in [6.07, 6.45) is 0. The fourth-order valence-electron chi connectivity index (χ4n) is 1.34. The van der Waals surface area contributed by atoms with Crippen LogP contribution in [-0.4, -0.2) is 36.2 Å². The van der Waals surface area contributed by atoms with Crippen LogP contribution < -0.4 is 10.6 Å². The molecule has 8 heteroatoms. The van der Waals surface area contributed by atoms with E-state index in [1.165, 1.54) is 6.92 Å². The Morgan fingerprint density at radius 3 is 2.55 bits per heavy atom. The summed E-state index contributed by atoms with van der Waals surface area (Å²) in [6, 6.07) is 1.18. The number of halogens is 1. The maximum atomic E-state index is 13.4. The zero-order valence-corrected chi connectivity index (χ0v) is 10.8. The fraction of sp³-hybridized carbons (Fsp3) is 0.250. The lowest BCUT2D eigenvalue weighted by Gasteiger charge is -2.13. The number of ether oxygens (including phenoxy) is 1. The molecule has 0 aliphatic rings. The molecule has 0 heterocycles. The number of methoxy groups -OCH3 is 1. The van der Waals surface area contributed by atoms with Crippen molar-refractivity contribution in [3.05, 3.63) is 29.6 Å². The number of benzene rings is 1. The maximum absolute atomic E-state index is 13.4. The van der Waals surface area contributed by atoms with Gasteiger partial charge in [0.15, 0.2) is 0 Å². The second-order valence-electron chi connectivity index (χ2n) is 3.84. The van der Waals surface area contributed by atoms with Gasteiger partial charge in [0.2, 0.25) is 0 Å². The molecule has 2 amide bonds. The Labute approximate surface area is 113 Å². The Hall–Kier alpha value is -2.64. The minimum absolute atomic E-state index is 0.178. The van der Waals surface area contributed by atoms with E-state index >= 15 is 0 Å². The molecule has 0 aromatic heterocycles. The quantitative estimate of drug-likeness (QED) is 0.721. The third-order valence-electron chi connectivity index (χ3n) is 2.36. The number of hydrogen-bond donors (Lipinski definition) is 3. The Kier molecular flexibility index (Phi) is 5.01. The number of anilines is 1. The van der Waals surface area contributed by atoms with Crippen LogP contribution in [0.4, 0.5) is 14.9 Å². The highest BCUT2D eigenvalue weighted by atomic mass is 19.1. The second kappa shape index (κ2) is 6.50. The molecule has 1 atom stereocenters. The molecule has 20 heavy (non-hydrogen) atoms. The molecule has 0 radical (unpaired) electrons. The van der Waals surface area contributed by atoms with Gasteiger partial charge in [-0.15, -0.1) is 0 Å². The molecule has 7 nitrogen and oxygen atoms in total. The van der Waals surface area contributed by atoms with Crippen molar-refractivity contribution in [3.63, 3.8) is 0 Å². The van der Waals surface area contributed by atoms with E-state index < -0.39 is 29.8 Å². The number of esters is 1. The van der Waals surface area contributed by atoms with E-state index in [0.717, 1.165) is 25.3 Å². The second-order valence-corrected chi connectivity index (χ2v) is 3.84. The average molecular weight is 284 g/mol. The summed E-state index contributed by atoms with van der Waals surface area (Å²) in [6.45, 7) is 1.38. The van der Waals surface area contributed by atoms with Crippen molar-refractivity contribution in [3.8, 4) is 0 Å². The summed E-state index contributed by atoms with van der Waals surface area (Å²) in [7, 11) is 1.16. The van der Waals surface area contributed by atoms with Gasteiger partial charge in [-0.2, -0.15) is 0 Å². The lowest BCUT2D eigenvalue weighted by molar-refractivity contribution is -0.142. The van der Waals surface area contributed by atoms with Gasteiger partial charge in [-0.3, -0.25) is 0 Å². The van der Waals surface area contributed by atoms with Crippen LogP contribution in [0.3, 0.4) is 0 Å². The molecule has 3 N–H and O–H groups in total. The molecule has 1 rings (SSSR count). The molecule has 0 bridgehead atoms. The summed E-state index contributed by atoms with van der Waals surface area (Å²) in [5.74, 6) is -2.72. The normalized spacial score (nSPS) is 11.3. The Morgan fingerprint density at radius 1 is 1.35 bits per heavy atom. The van der Waals surface area contributed by atoms with Gasteiger partial charge in [0.1, 0.15) is 11.9 Å². The lowest BCUT2D eigenvalue weighted by Crippen LogP contribution is -2.41. The molecule has 0 saturated carbocycles. The van der Waals surface area contributed by atoms with Gasteiger partial charge in [0.05, 0.1) is 18.4 Å². The number of carboxylic acids is 1. The predicted octanol–water partition coefficient (Wildman–Crippen LogP) is 1.21. The first-order valence-corrected chi connectivity index (χ1v) is 5.53. The largest absolute Gasteiger partial charge is 0.478 e. The number of hydrogen-bond acceptors (Lipinski definition) is 4. The highest BCUT2D eigenvalue weighted by Gasteiger charge is 2.17. The molecule has 0 saturated heterocycles. The Balaban J connectivity index is 2.77. The van der Waals surface area contributed by atoms with Crippen molar-refractivity contribution in [2.45, 2.75) is 13.0 Å². The van der Waals surface area contributed by atoms with Crippen molar-refractivity contribution in [1.29, 1.82) is 0 Å². The summed E-state index contributed by atoms with van der Waals surface area (Å²) in [5, 5.41) is 13.1. The van der Waals surface area contributed by atoms with Gasteiger partial charge < -0.3 is 20.5 Å². The van der Waals surface area contributed by atoms with E-state index in [1.54, 1.807) is 0 Å². The van der Waals surface area contributed by atoms with Gasteiger partial charge in [0, 0.05) is 0 Å². The van der Waals surface area contributed by atoms with Crippen LogP contribution in [0.25, 0.3) is 0 Å². The molecule has 0 aliphatic heterocycles. The monoisotopic (exact) mass is 284 g/mol. The molecular formula is C12H13FN2O5. The van der Waals surface area contributed by atoms with Crippen molar-refractivity contribution < 1.29 is 28.6 Å². The van der Waals surface area contributed by atoms with Crippen LogP contribution in [0.2, 0.25) is 0 Å². The SMILES string of the molecule is COC(=O)C(C)NC(=O)Nc1cc(C(=O)O)ccc1F. The number of carboxylic acid groups (broad SMARTS) is 1. The Morgan fingerprint density at radius 2 is 2.00 bits per heavy atom. The van der Waals surface area contributed by atoms with Crippen molar-refractivity contribution in [1.82, 2.24) is 5.32 Å². The molecule has 1 aromatic carbocycles. The van der Waals surface area contributed by atoms with Gasteiger partial charge in [0.25, 0.3) is 0 Å². The zero-order chi connectivity index (χ0) is 15.3. The number of amides is 2. The van der Waals surface area contributed by atoms with E-state index in [9.17, 15) is 18.8 Å².